The number of aliphatic hydroxyl groups excluding tert-OH is 1. The molecule has 0 fully saturated rings. The van der Waals surface area contributed by atoms with Crippen molar-refractivity contribution in [1.82, 2.24) is 0 Å². The number of halogens is 1. The van der Waals surface area contributed by atoms with Crippen LogP contribution < -0.4 is 5.32 Å². The molecule has 0 heterocycles. The number of carbonyl (C=O) groups excluding carboxylic acids is 1. The van der Waals surface area contributed by atoms with Gasteiger partial charge in [-0.05, 0) is 24.3 Å². The molecule has 0 saturated carbocycles. The molecule has 0 aliphatic rings. The number of carbonyl (C=O) groups is 1. The topological polar surface area (TPSA) is 49.3 Å². The number of nitrogens with one attached hydrogen (secondary N) is 1. The van der Waals surface area contributed by atoms with Crippen molar-refractivity contribution in [3.63, 3.8) is 0 Å². The molecule has 0 aliphatic heterocycles. The van der Waals surface area contributed by atoms with E-state index in [1.807, 2.05) is 24.3 Å². The number of alkyl halides is 1. The lowest BCUT2D eigenvalue weighted by atomic mass is 10.3. The van der Waals surface area contributed by atoms with Crippen LogP contribution in [0.5, 0.6) is 0 Å². The molecule has 1 aromatic carbocycles. The first-order valence-electron chi connectivity index (χ1n) is 4.86. The van der Waals surface area contributed by atoms with Crippen molar-refractivity contribution in [3.8, 4) is 0 Å². The fraction of sp³-hybridized carbons (Fsp3) is 0.364. The normalized spacial score (nSPS) is 12.2. The summed E-state index contributed by atoms with van der Waals surface area (Å²) in [6.45, 7) is 1.48. The highest BCUT2D eigenvalue weighted by atomic mass is 79.9. The zero-order chi connectivity index (χ0) is 12.0. The molecule has 1 rings (SSSR count). The van der Waals surface area contributed by atoms with Gasteiger partial charge in [-0.15, -0.1) is 11.8 Å². The van der Waals surface area contributed by atoms with Gasteiger partial charge in [0.15, 0.2) is 0 Å². The average Bonchev–Trinajstić information content (AvgIpc) is 2.27. The van der Waals surface area contributed by atoms with Crippen LogP contribution in [0.3, 0.4) is 0 Å². The van der Waals surface area contributed by atoms with Gasteiger partial charge in [0.1, 0.15) is 0 Å². The molecular formula is C11H14BrNO2S. The number of aliphatic hydroxyl groups is 1. The number of rotatable bonds is 5. The van der Waals surface area contributed by atoms with E-state index in [2.05, 4.69) is 21.2 Å². The smallest absolute Gasteiger partial charge is 0.221 e. The Morgan fingerprint density at radius 1 is 1.50 bits per heavy atom. The molecule has 2 N–H and O–H groups in total. The number of hydrogen-bond donors (Lipinski definition) is 2. The Balaban J connectivity index is 2.48. The van der Waals surface area contributed by atoms with E-state index in [1.165, 1.54) is 6.92 Å². The van der Waals surface area contributed by atoms with Crippen molar-refractivity contribution in [1.29, 1.82) is 0 Å². The summed E-state index contributed by atoms with van der Waals surface area (Å²) >= 11 is 4.80. The van der Waals surface area contributed by atoms with E-state index >= 15 is 0 Å². The summed E-state index contributed by atoms with van der Waals surface area (Å²) < 4.78 is 0. The Morgan fingerprint density at radius 2 is 2.12 bits per heavy atom. The van der Waals surface area contributed by atoms with Crippen molar-refractivity contribution >= 4 is 39.3 Å². The van der Waals surface area contributed by atoms with Gasteiger partial charge in [-0.25, -0.2) is 0 Å². The lowest BCUT2D eigenvalue weighted by molar-refractivity contribution is -0.114. The zero-order valence-electron chi connectivity index (χ0n) is 8.94. The van der Waals surface area contributed by atoms with E-state index in [9.17, 15) is 9.90 Å². The highest BCUT2D eigenvalue weighted by Crippen LogP contribution is 2.21. The number of anilines is 1. The zero-order valence-corrected chi connectivity index (χ0v) is 11.3. The van der Waals surface area contributed by atoms with Crippen molar-refractivity contribution in [2.75, 3.05) is 16.4 Å². The highest BCUT2D eigenvalue weighted by Gasteiger charge is 2.03. The Morgan fingerprint density at radius 3 is 2.62 bits per heavy atom. The Labute approximate surface area is 108 Å². The third kappa shape index (κ3) is 5.01. The van der Waals surface area contributed by atoms with Gasteiger partial charge >= 0.3 is 0 Å². The van der Waals surface area contributed by atoms with Gasteiger partial charge in [0, 0.05) is 28.6 Å². The molecule has 0 bridgehead atoms. The van der Waals surface area contributed by atoms with Crippen LogP contribution in [0.15, 0.2) is 29.2 Å². The Kier molecular flexibility index (Phi) is 5.87. The Bertz CT molecular complexity index is 342. The predicted molar refractivity (Wildman–Crippen MR) is 71.3 cm³/mol. The second-order valence-corrected chi connectivity index (χ2v) is 5.07. The lowest BCUT2D eigenvalue weighted by Crippen LogP contribution is -2.10. The second-order valence-electron chi connectivity index (χ2n) is 3.32. The minimum Gasteiger partial charge on any atom is -0.391 e. The summed E-state index contributed by atoms with van der Waals surface area (Å²) in [4.78, 5) is 11.9. The van der Waals surface area contributed by atoms with Crippen LogP contribution in [0.4, 0.5) is 5.69 Å². The van der Waals surface area contributed by atoms with Gasteiger partial charge in [-0.3, -0.25) is 4.79 Å². The van der Waals surface area contributed by atoms with E-state index in [4.69, 9.17) is 0 Å². The molecule has 1 aromatic rings. The maximum absolute atomic E-state index is 10.8. The maximum atomic E-state index is 10.8. The molecule has 1 amide bonds. The number of benzene rings is 1. The number of amides is 1. The molecule has 16 heavy (non-hydrogen) atoms. The molecule has 0 aliphatic carbocycles. The van der Waals surface area contributed by atoms with Crippen molar-refractivity contribution < 1.29 is 9.90 Å². The van der Waals surface area contributed by atoms with E-state index < -0.39 is 0 Å². The number of thioether (sulfide) groups is 1. The second kappa shape index (κ2) is 6.93. The lowest BCUT2D eigenvalue weighted by Gasteiger charge is -2.07. The fourth-order valence-corrected chi connectivity index (χ4v) is 2.44. The fourth-order valence-electron chi connectivity index (χ4n) is 1.07. The van der Waals surface area contributed by atoms with Crippen LogP contribution in [0.1, 0.15) is 6.92 Å². The van der Waals surface area contributed by atoms with Crippen molar-refractivity contribution in [2.45, 2.75) is 17.9 Å². The monoisotopic (exact) mass is 303 g/mol. The molecule has 3 nitrogen and oxygen atoms in total. The molecule has 0 spiro atoms. The molecule has 88 valence electrons. The molecule has 5 heteroatoms. The van der Waals surface area contributed by atoms with Crippen molar-refractivity contribution in [3.05, 3.63) is 24.3 Å². The van der Waals surface area contributed by atoms with Gasteiger partial charge in [0.2, 0.25) is 5.91 Å². The first kappa shape index (κ1) is 13.5. The molecular weight excluding hydrogens is 290 g/mol. The first-order valence-corrected chi connectivity index (χ1v) is 6.97. The molecule has 0 saturated heterocycles. The van der Waals surface area contributed by atoms with E-state index in [1.54, 1.807) is 11.8 Å². The van der Waals surface area contributed by atoms with Crippen LogP contribution in [0.2, 0.25) is 0 Å². The summed E-state index contributed by atoms with van der Waals surface area (Å²) in [6, 6.07) is 7.56. The van der Waals surface area contributed by atoms with E-state index in [-0.39, 0.29) is 12.0 Å². The summed E-state index contributed by atoms with van der Waals surface area (Å²) in [5.74, 6) is 0.584. The minimum atomic E-state index is -0.333. The highest BCUT2D eigenvalue weighted by molar-refractivity contribution is 9.09. The van der Waals surface area contributed by atoms with Crippen molar-refractivity contribution in [2.24, 2.45) is 0 Å². The summed E-state index contributed by atoms with van der Waals surface area (Å²) in [5, 5.41) is 12.7. The van der Waals surface area contributed by atoms with E-state index in [0.717, 1.165) is 10.6 Å². The number of hydrogen-bond acceptors (Lipinski definition) is 3. The predicted octanol–water partition coefficient (Wildman–Crippen LogP) is 2.49. The summed E-state index contributed by atoms with van der Waals surface area (Å²) in [6.07, 6.45) is -0.333. The largest absolute Gasteiger partial charge is 0.391 e. The van der Waals surface area contributed by atoms with Gasteiger partial charge in [-0.2, -0.15) is 0 Å². The summed E-state index contributed by atoms with van der Waals surface area (Å²) in [5.41, 5.74) is 0.790. The van der Waals surface area contributed by atoms with Gasteiger partial charge in [-0.1, -0.05) is 15.9 Å². The molecule has 1 unspecified atom stereocenters. The van der Waals surface area contributed by atoms with Gasteiger partial charge in [0.05, 0.1) is 6.10 Å². The summed E-state index contributed by atoms with van der Waals surface area (Å²) in [7, 11) is 0. The van der Waals surface area contributed by atoms with Crippen LogP contribution in [-0.4, -0.2) is 28.2 Å². The Hall–Kier alpha value is -0.520. The quantitative estimate of drug-likeness (QED) is 0.649. The van der Waals surface area contributed by atoms with Crippen LogP contribution in [0, 0.1) is 0 Å². The third-order valence-electron chi connectivity index (χ3n) is 1.80. The average molecular weight is 304 g/mol. The maximum Gasteiger partial charge on any atom is 0.221 e. The van der Waals surface area contributed by atoms with Gasteiger partial charge < -0.3 is 10.4 Å². The van der Waals surface area contributed by atoms with Crippen LogP contribution in [-0.2, 0) is 4.79 Å². The minimum absolute atomic E-state index is 0.0740. The van der Waals surface area contributed by atoms with Crippen LogP contribution >= 0.6 is 27.7 Å². The molecule has 0 radical (unpaired) electrons. The molecule has 0 aromatic heterocycles. The van der Waals surface area contributed by atoms with E-state index in [0.29, 0.717) is 11.1 Å². The third-order valence-corrected chi connectivity index (χ3v) is 3.70. The standard InChI is InChI=1S/C11H14BrNO2S/c1-8(14)13-9-2-4-11(5-3-9)16-7-10(15)6-12/h2-5,10,15H,6-7H2,1H3,(H,13,14). The SMILES string of the molecule is CC(=O)Nc1ccc(SCC(O)CBr)cc1. The van der Waals surface area contributed by atoms with Gasteiger partial charge in [0.25, 0.3) is 0 Å². The van der Waals surface area contributed by atoms with Crippen LogP contribution in [0.25, 0.3) is 0 Å². The molecule has 1 atom stereocenters. The first-order chi connectivity index (χ1) is 7.61.